The fourth-order valence-electron chi connectivity index (χ4n) is 1.75. The predicted molar refractivity (Wildman–Crippen MR) is 70.9 cm³/mol. The molecule has 0 spiro atoms. The molecule has 0 amide bonds. The molecule has 2 heteroatoms. The molecule has 0 unspecified atom stereocenters. The number of ether oxygens (including phenoxy) is 1. The summed E-state index contributed by atoms with van der Waals surface area (Å²) in [7, 11) is 1.61. The summed E-state index contributed by atoms with van der Waals surface area (Å²) in [6.45, 7) is 10.2. The van der Waals surface area contributed by atoms with Gasteiger partial charge in [-0.2, -0.15) is 0 Å². The lowest BCUT2D eigenvalue weighted by Gasteiger charge is -2.18. The van der Waals surface area contributed by atoms with Gasteiger partial charge < -0.3 is 4.74 Å². The van der Waals surface area contributed by atoms with E-state index in [1.165, 1.54) is 0 Å². The molecule has 1 aromatic rings. The fourth-order valence-corrected chi connectivity index (χ4v) is 1.75. The van der Waals surface area contributed by atoms with Gasteiger partial charge in [-0.1, -0.05) is 20.8 Å². The van der Waals surface area contributed by atoms with Crippen LogP contribution in [0.15, 0.2) is 12.1 Å². The molecular formula is C15H22O2. The highest BCUT2D eigenvalue weighted by Gasteiger charge is 2.20. The van der Waals surface area contributed by atoms with Crippen molar-refractivity contribution in [2.45, 2.75) is 41.0 Å². The van der Waals surface area contributed by atoms with Crippen LogP contribution in [0.5, 0.6) is 5.75 Å². The quantitative estimate of drug-likeness (QED) is 0.741. The monoisotopic (exact) mass is 234 g/mol. The van der Waals surface area contributed by atoms with Crippen molar-refractivity contribution in [1.29, 1.82) is 0 Å². The molecular weight excluding hydrogens is 212 g/mol. The number of carbonyl (C=O) groups excluding carboxylic acids is 1. The summed E-state index contributed by atoms with van der Waals surface area (Å²) in [6, 6.07) is 3.87. The Morgan fingerprint density at radius 3 is 2.18 bits per heavy atom. The fraction of sp³-hybridized carbons (Fsp3) is 0.533. The van der Waals surface area contributed by atoms with Crippen LogP contribution in [0, 0.1) is 19.3 Å². The third-order valence-electron chi connectivity index (χ3n) is 2.81. The smallest absolute Gasteiger partial charge is 0.167 e. The second-order valence-corrected chi connectivity index (χ2v) is 5.80. The number of ketones is 1. The summed E-state index contributed by atoms with van der Waals surface area (Å²) in [5.41, 5.74) is 2.98. The van der Waals surface area contributed by atoms with E-state index < -0.39 is 0 Å². The number of carbonyl (C=O) groups is 1. The van der Waals surface area contributed by atoms with Gasteiger partial charge in [-0.3, -0.25) is 4.79 Å². The molecule has 0 bridgehead atoms. The van der Waals surface area contributed by atoms with E-state index in [4.69, 9.17) is 4.74 Å². The zero-order chi connectivity index (χ0) is 13.2. The van der Waals surface area contributed by atoms with Crippen molar-refractivity contribution in [3.05, 3.63) is 28.8 Å². The van der Waals surface area contributed by atoms with E-state index in [0.717, 1.165) is 11.1 Å². The summed E-state index contributed by atoms with van der Waals surface area (Å²) in [5, 5.41) is 0. The lowest BCUT2D eigenvalue weighted by Crippen LogP contribution is -2.14. The molecule has 94 valence electrons. The normalized spacial score (nSPS) is 11.4. The third kappa shape index (κ3) is 3.58. The first-order valence-corrected chi connectivity index (χ1v) is 5.93. The molecule has 0 aromatic heterocycles. The van der Waals surface area contributed by atoms with Crippen molar-refractivity contribution in [1.82, 2.24) is 0 Å². The van der Waals surface area contributed by atoms with E-state index in [0.29, 0.717) is 17.7 Å². The summed E-state index contributed by atoms with van der Waals surface area (Å²) < 4.78 is 5.30. The highest BCUT2D eigenvalue weighted by Crippen LogP contribution is 2.28. The lowest BCUT2D eigenvalue weighted by atomic mass is 9.87. The molecule has 1 aromatic carbocycles. The minimum absolute atomic E-state index is 0.000879. The number of hydrogen-bond acceptors (Lipinski definition) is 2. The highest BCUT2D eigenvalue weighted by molar-refractivity contribution is 5.99. The SMILES string of the molecule is COc1cc(C)c(C)cc1C(=O)CC(C)(C)C. The highest BCUT2D eigenvalue weighted by atomic mass is 16.5. The van der Waals surface area contributed by atoms with Gasteiger partial charge in [-0.15, -0.1) is 0 Å². The van der Waals surface area contributed by atoms with Gasteiger partial charge in [-0.25, -0.2) is 0 Å². The van der Waals surface area contributed by atoms with Gasteiger partial charge >= 0.3 is 0 Å². The van der Waals surface area contributed by atoms with Crippen LogP contribution in [0.3, 0.4) is 0 Å². The standard InChI is InChI=1S/C15H22O2/c1-10-7-12(13(16)9-15(3,4)5)14(17-6)8-11(10)2/h7-8H,9H2,1-6H3. The van der Waals surface area contributed by atoms with Crippen molar-refractivity contribution < 1.29 is 9.53 Å². The third-order valence-corrected chi connectivity index (χ3v) is 2.81. The first kappa shape index (κ1) is 13.8. The van der Waals surface area contributed by atoms with Crippen molar-refractivity contribution in [2.24, 2.45) is 5.41 Å². The van der Waals surface area contributed by atoms with Gasteiger partial charge in [0.05, 0.1) is 12.7 Å². The maximum Gasteiger partial charge on any atom is 0.167 e. The average Bonchev–Trinajstić information content (AvgIpc) is 2.18. The Bertz CT molecular complexity index is 425. The molecule has 0 aliphatic heterocycles. The number of hydrogen-bond donors (Lipinski definition) is 0. The maximum atomic E-state index is 12.2. The van der Waals surface area contributed by atoms with Gasteiger partial charge in [-0.05, 0) is 42.5 Å². The number of methoxy groups -OCH3 is 1. The molecule has 0 aliphatic rings. The molecule has 0 saturated heterocycles. The number of rotatable bonds is 3. The van der Waals surface area contributed by atoms with E-state index in [-0.39, 0.29) is 11.2 Å². The molecule has 0 radical (unpaired) electrons. The molecule has 0 fully saturated rings. The first-order chi connectivity index (χ1) is 7.74. The Morgan fingerprint density at radius 2 is 1.71 bits per heavy atom. The van der Waals surface area contributed by atoms with Crippen LogP contribution in [-0.4, -0.2) is 12.9 Å². The molecule has 0 atom stereocenters. The van der Waals surface area contributed by atoms with Gasteiger partial charge in [0.25, 0.3) is 0 Å². The molecule has 0 aliphatic carbocycles. The molecule has 17 heavy (non-hydrogen) atoms. The second kappa shape index (κ2) is 4.91. The average molecular weight is 234 g/mol. The van der Waals surface area contributed by atoms with E-state index in [1.807, 2.05) is 26.0 Å². The van der Waals surface area contributed by atoms with Gasteiger partial charge in [0.15, 0.2) is 5.78 Å². The number of benzene rings is 1. The van der Waals surface area contributed by atoms with Crippen molar-refractivity contribution in [2.75, 3.05) is 7.11 Å². The Hall–Kier alpha value is -1.31. The van der Waals surface area contributed by atoms with E-state index >= 15 is 0 Å². The van der Waals surface area contributed by atoms with Gasteiger partial charge in [0.2, 0.25) is 0 Å². The van der Waals surface area contributed by atoms with Crippen LogP contribution >= 0.6 is 0 Å². The Kier molecular flexibility index (Phi) is 3.97. The minimum Gasteiger partial charge on any atom is -0.496 e. The Balaban J connectivity index is 3.12. The van der Waals surface area contributed by atoms with Crippen LogP contribution < -0.4 is 4.74 Å². The van der Waals surface area contributed by atoms with Crippen LogP contribution in [0.4, 0.5) is 0 Å². The summed E-state index contributed by atoms with van der Waals surface area (Å²) in [6.07, 6.45) is 0.534. The minimum atomic E-state index is 0.000879. The molecule has 0 heterocycles. The summed E-state index contributed by atoms with van der Waals surface area (Å²) >= 11 is 0. The lowest BCUT2D eigenvalue weighted by molar-refractivity contribution is 0.0937. The van der Waals surface area contributed by atoms with E-state index in [2.05, 4.69) is 20.8 Å². The van der Waals surface area contributed by atoms with Crippen LogP contribution in [-0.2, 0) is 0 Å². The Morgan fingerprint density at radius 1 is 1.18 bits per heavy atom. The largest absolute Gasteiger partial charge is 0.496 e. The summed E-state index contributed by atoms with van der Waals surface area (Å²) in [5.74, 6) is 0.833. The topological polar surface area (TPSA) is 26.3 Å². The van der Waals surface area contributed by atoms with Crippen LogP contribution in [0.25, 0.3) is 0 Å². The van der Waals surface area contributed by atoms with E-state index in [1.54, 1.807) is 7.11 Å². The predicted octanol–water partition coefficient (Wildman–Crippen LogP) is 3.93. The molecule has 0 N–H and O–H groups in total. The van der Waals surface area contributed by atoms with Gasteiger partial charge in [0, 0.05) is 6.42 Å². The Labute approximate surface area is 104 Å². The van der Waals surface area contributed by atoms with Crippen LogP contribution in [0.1, 0.15) is 48.7 Å². The number of aryl methyl sites for hydroxylation is 2. The maximum absolute atomic E-state index is 12.2. The van der Waals surface area contributed by atoms with Crippen molar-refractivity contribution in [3.63, 3.8) is 0 Å². The molecule has 0 saturated carbocycles. The second-order valence-electron chi connectivity index (χ2n) is 5.80. The molecule has 1 rings (SSSR count). The van der Waals surface area contributed by atoms with Crippen LogP contribution in [0.2, 0.25) is 0 Å². The number of Topliss-reactive ketones (excluding diaryl/α,β-unsaturated/α-hetero) is 1. The van der Waals surface area contributed by atoms with Gasteiger partial charge in [0.1, 0.15) is 5.75 Å². The van der Waals surface area contributed by atoms with E-state index in [9.17, 15) is 4.79 Å². The van der Waals surface area contributed by atoms with Crippen molar-refractivity contribution >= 4 is 5.78 Å². The summed E-state index contributed by atoms with van der Waals surface area (Å²) in [4.78, 5) is 12.2. The first-order valence-electron chi connectivity index (χ1n) is 5.93. The molecule has 2 nitrogen and oxygen atoms in total. The zero-order valence-electron chi connectivity index (χ0n) is 11.7. The van der Waals surface area contributed by atoms with Crippen molar-refractivity contribution in [3.8, 4) is 5.75 Å². The zero-order valence-corrected chi connectivity index (χ0v) is 11.7.